The van der Waals surface area contributed by atoms with E-state index in [0.29, 0.717) is 49.8 Å². The number of rotatable bonds is 20. The van der Waals surface area contributed by atoms with Gasteiger partial charge in [-0.1, -0.05) is 61.0 Å². The smallest absolute Gasteiger partial charge is 0.237 e. The molecule has 50 heavy (non-hydrogen) atoms. The van der Waals surface area contributed by atoms with Crippen LogP contribution >= 0.6 is 0 Å². The zero-order chi connectivity index (χ0) is 35.6. The largest absolute Gasteiger partial charge is 0.467 e. The highest BCUT2D eigenvalue weighted by molar-refractivity contribution is 5.82. The summed E-state index contributed by atoms with van der Waals surface area (Å²) in [7, 11) is 6.65. The second-order valence-electron chi connectivity index (χ2n) is 12.2. The van der Waals surface area contributed by atoms with E-state index >= 15 is 0 Å². The van der Waals surface area contributed by atoms with Crippen molar-refractivity contribution in [2.24, 2.45) is 0 Å². The molecule has 1 unspecified atom stereocenters. The maximum atomic E-state index is 14.5. The summed E-state index contributed by atoms with van der Waals surface area (Å²) >= 11 is 0. The van der Waals surface area contributed by atoms with Crippen molar-refractivity contribution in [3.63, 3.8) is 0 Å². The van der Waals surface area contributed by atoms with Crippen LogP contribution in [-0.2, 0) is 43.4 Å². The van der Waals surface area contributed by atoms with Crippen LogP contribution in [0, 0.1) is 0 Å². The molecule has 0 radical (unpaired) electrons. The Hall–Kier alpha value is -4.20. The number of methoxy groups -OCH3 is 3. The number of nitrogens with zero attached hydrogens (tertiary/aromatic N) is 3. The highest BCUT2D eigenvalue weighted by Gasteiger charge is 2.33. The van der Waals surface area contributed by atoms with Crippen molar-refractivity contribution in [3.05, 3.63) is 89.5 Å². The molecule has 12 heteroatoms. The Morgan fingerprint density at radius 2 is 1.12 bits per heavy atom. The van der Waals surface area contributed by atoms with E-state index in [1.807, 2.05) is 94.5 Å². The molecule has 1 N–H and O–H groups in total. The van der Waals surface area contributed by atoms with Gasteiger partial charge in [-0.05, 0) is 44.6 Å². The number of amides is 2. The van der Waals surface area contributed by atoms with Crippen molar-refractivity contribution >= 4 is 11.8 Å². The highest BCUT2D eigenvalue weighted by Crippen LogP contribution is 2.27. The van der Waals surface area contributed by atoms with E-state index < -0.39 is 0 Å². The Morgan fingerprint density at radius 1 is 0.640 bits per heavy atom. The molecule has 0 saturated carbocycles. The first-order valence-electron chi connectivity index (χ1n) is 17.0. The van der Waals surface area contributed by atoms with E-state index in [1.165, 1.54) is 0 Å². The Balaban J connectivity index is 1.74. The summed E-state index contributed by atoms with van der Waals surface area (Å²) < 4.78 is 33.1. The molecule has 3 aromatic carbocycles. The topological polar surface area (TPSA) is 111 Å². The fourth-order valence-corrected chi connectivity index (χ4v) is 6.02. The maximum absolute atomic E-state index is 14.5. The van der Waals surface area contributed by atoms with Gasteiger partial charge in [0.15, 0.2) is 20.4 Å². The third kappa shape index (κ3) is 11.7. The van der Waals surface area contributed by atoms with E-state index in [1.54, 1.807) is 21.3 Å². The molecule has 0 bridgehead atoms. The van der Waals surface area contributed by atoms with Gasteiger partial charge in [0.25, 0.3) is 0 Å². The van der Waals surface area contributed by atoms with E-state index in [9.17, 15) is 9.59 Å². The lowest BCUT2D eigenvalue weighted by atomic mass is 10.0. The van der Waals surface area contributed by atoms with Crippen LogP contribution in [0.2, 0.25) is 0 Å². The van der Waals surface area contributed by atoms with E-state index in [2.05, 4.69) is 5.32 Å². The molecule has 12 nitrogen and oxygen atoms in total. The summed E-state index contributed by atoms with van der Waals surface area (Å²) in [4.78, 5) is 34.6. The quantitative estimate of drug-likeness (QED) is 0.136. The van der Waals surface area contributed by atoms with Crippen LogP contribution in [-0.4, -0.2) is 107 Å². The summed E-state index contributed by atoms with van der Waals surface area (Å²) in [6, 6.07) is 22.7. The minimum absolute atomic E-state index is 0.0410. The lowest BCUT2D eigenvalue weighted by Crippen LogP contribution is -2.48. The molecule has 1 heterocycles. The average Bonchev–Trinajstić information content (AvgIpc) is 3.16. The van der Waals surface area contributed by atoms with E-state index in [4.69, 9.17) is 28.4 Å². The molecular weight excluding hydrogens is 640 g/mol. The number of hydrogen-bond acceptors (Lipinski definition) is 10. The number of carbonyl (C=O) groups excluding carboxylic acids is 2. The average molecular weight is 693 g/mol. The standard InChI is InChI=1S/C38H52N4O8/c1-39-20-12-11-16-33-24-41(22-31-14-6-9-18-35(31)49-28-46-3)37(43)25-40(21-30-13-5-8-17-34(30)48-27-45-2)26-38(44)42(33)23-32-15-7-10-19-36(32)50-29-47-4/h5-10,13-15,17-19,33,39H,11-12,16,20-29H2,1-4H3. The monoisotopic (exact) mass is 692 g/mol. The van der Waals surface area contributed by atoms with Crippen LogP contribution in [0.1, 0.15) is 36.0 Å². The van der Waals surface area contributed by atoms with Gasteiger partial charge in [0.05, 0.1) is 13.1 Å². The van der Waals surface area contributed by atoms with Gasteiger partial charge in [0.1, 0.15) is 17.2 Å². The molecule has 0 spiro atoms. The number of benzene rings is 3. The van der Waals surface area contributed by atoms with Crippen molar-refractivity contribution in [2.75, 3.05) is 74.9 Å². The van der Waals surface area contributed by atoms with Gasteiger partial charge in [-0.25, -0.2) is 0 Å². The molecule has 1 saturated heterocycles. The second kappa shape index (κ2) is 21.1. The van der Waals surface area contributed by atoms with Crippen LogP contribution in [0.25, 0.3) is 0 Å². The number of nitrogens with one attached hydrogen (secondary N) is 1. The van der Waals surface area contributed by atoms with Crippen LogP contribution in [0.15, 0.2) is 72.8 Å². The van der Waals surface area contributed by atoms with Gasteiger partial charge in [-0.15, -0.1) is 0 Å². The molecule has 4 rings (SSSR count). The molecule has 2 amide bonds. The molecule has 1 atom stereocenters. The Kier molecular flexibility index (Phi) is 16.3. The zero-order valence-electron chi connectivity index (χ0n) is 29.8. The fourth-order valence-electron chi connectivity index (χ4n) is 6.02. The Morgan fingerprint density at radius 3 is 1.64 bits per heavy atom. The second-order valence-corrected chi connectivity index (χ2v) is 12.2. The Bertz CT molecular complexity index is 1470. The van der Waals surface area contributed by atoms with Crippen molar-refractivity contribution < 1.29 is 38.0 Å². The van der Waals surface area contributed by atoms with Gasteiger partial charge in [-0.2, -0.15) is 0 Å². The van der Waals surface area contributed by atoms with Crippen molar-refractivity contribution in [3.8, 4) is 17.2 Å². The summed E-state index contributed by atoms with van der Waals surface area (Å²) in [6.45, 7) is 2.50. The lowest BCUT2D eigenvalue weighted by Gasteiger charge is -2.35. The van der Waals surface area contributed by atoms with Crippen LogP contribution < -0.4 is 19.5 Å². The first-order chi connectivity index (χ1) is 24.5. The van der Waals surface area contributed by atoms with Gasteiger partial charge in [0, 0.05) is 70.2 Å². The fraction of sp³-hybridized carbons (Fsp3) is 0.474. The number of ether oxygens (including phenoxy) is 6. The predicted molar refractivity (Wildman–Crippen MR) is 190 cm³/mol. The summed E-state index contributed by atoms with van der Waals surface area (Å²) in [5.74, 6) is 1.78. The summed E-state index contributed by atoms with van der Waals surface area (Å²) in [6.07, 6.45) is 2.53. The summed E-state index contributed by atoms with van der Waals surface area (Å²) in [5.41, 5.74) is 2.56. The van der Waals surface area contributed by atoms with E-state index in [0.717, 1.165) is 36.1 Å². The third-order valence-electron chi connectivity index (χ3n) is 8.49. The van der Waals surface area contributed by atoms with Crippen LogP contribution in [0.5, 0.6) is 17.2 Å². The van der Waals surface area contributed by atoms with E-state index in [-0.39, 0.29) is 51.3 Å². The predicted octanol–water partition coefficient (Wildman–Crippen LogP) is 4.27. The SMILES string of the molecule is CNCCCCC1CN(Cc2ccccc2OCOC)C(=O)CN(Cc2ccccc2OCOC)CC(=O)N1Cc1ccccc1OCOC. The normalized spacial score (nSPS) is 15.8. The number of unbranched alkanes of at least 4 members (excludes halogenated alkanes) is 1. The van der Waals surface area contributed by atoms with Crippen molar-refractivity contribution in [2.45, 2.75) is 44.9 Å². The van der Waals surface area contributed by atoms with Crippen LogP contribution in [0.3, 0.4) is 0 Å². The van der Waals surface area contributed by atoms with Crippen molar-refractivity contribution in [1.29, 1.82) is 0 Å². The van der Waals surface area contributed by atoms with Gasteiger partial charge >= 0.3 is 0 Å². The molecule has 1 fully saturated rings. The molecule has 3 aromatic rings. The zero-order valence-corrected chi connectivity index (χ0v) is 29.8. The highest BCUT2D eigenvalue weighted by atomic mass is 16.7. The Labute approximate surface area is 296 Å². The third-order valence-corrected chi connectivity index (χ3v) is 8.49. The maximum Gasteiger partial charge on any atom is 0.237 e. The molecule has 0 aliphatic carbocycles. The first-order valence-corrected chi connectivity index (χ1v) is 17.0. The van der Waals surface area contributed by atoms with Crippen LogP contribution in [0.4, 0.5) is 0 Å². The van der Waals surface area contributed by atoms with Gasteiger partial charge in [-0.3, -0.25) is 14.5 Å². The number of para-hydroxylation sites is 3. The number of hydrogen-bond donors (Lipinski definition) is 1. The molecule has 0 aromatic heterocycles. The lowest BCUT2D eigenvalue weighted by molar-refractivity contribution is -0.136. The van der Waals surface area contributed by atoms with Crippen molar-refractivity contribution in [1.82, 2.24) is 20.0 Å². The van der Waals surface area contributed by atoms with Gasteiger partial charge < -0.3 is 43.5 Å². The molecule has 272 valence electrons. The molecule has 1 aliphatic heterocycles. The molecule has 1 aliphatic rings. The minimum atomic E-state index is -0.261. The number of carbonyl (C=O) groups is 2. The molecular formula is C38H52N4O8. The van der Waals surface area contributed by atoms with Gasteiger partial charge in [0.2, 0.25) is 11.8 Å². The minimum Gasteiger partial charge on any atom is -0.467 e. The summed E-state index contributed by atoms with van der Waals surface area (Å²) in [5, 5.41) is 3.22. The first kappa shape index (κ1) is 38.6.